The van der Waals surface area contributed by atoms with Crippen molar-refractivity contribution in [2.75, 3.05) is 26.3 Å². The highest BCUT2D eigenvalue weighted by molar-refractivity contribution is 6.05. The molecule has 1 heterocycles. The van der Waals surface area contributed by atoms with Crippen molar-refractivity contribution in [1.29, 1.82) is 0 Å². The summed E-state index contributed by atoms with van der Waals surface area (Å²) in [6, 6.07) is 31.8. The standard InChI is InChI=1S/C51H61N3O/c1-11-12-32-55-33-31-53(30-22-29-51(9,10)49-41(6)39(4)38(3)40(5)42(49)7)50(37(2)34-44-23-16-13-17-24-44)54-36-48(46-27-20-15-21-28-46)52-47(43(54)8)35-45-25-18-14-19-26-45/h11,13-21,23-28,36H,1,4,7-8,12,22,29-35H2,2-3,5-6,9-10H3/b50-37+. The average molecular weight is 732 g/mol. The largest absolute Gasteiger partial charge is 0.379 e. The number of nitrogens with zero attached hydrogens (tertiary/aromatic N) is 3. The Labute approximate surface area is 331 Å². The molecule has 4 nitrogen and oxygen atoms in total. The van der Waals surface area contributed by atoms with Crippen LogP contribution in [0.2, 0.25) is 0 Å². The van der Waals surface area contributed by atoms with E-state index in [1.165, 1.54) is 39.0 Å². The Morgan fingerprint density at radius 1 is 0.782 bits per heavy atom. The molecule has 0 unspecified atom stereocenters. The molecule has 1 aliphatic heterocycles. The van der Waals surface area contributed by atoms with Crippen LogP contribution >= 0.6 is 0 Å². The van der Waals surface area contributed by atoms with Gasteiger partial charge in [0.2, 0.25) is 0 Å². The van der Waals surface area contributed by atoms with E-state index >= 15 is 0 Å². The van der Waals surface area contributed by atoms with E-state index < -0.39 is 0 Å². The van der Waals surface area contributed by atoms with E-state index in [2.05, 4.69) is 168 Å². The van der Waals surface area contributed by atoms with Crippen molar-refractivity contribution in [1.82, 2.24) is 9.80 Å². The molecule has 0 radical (unpaired) electrons. The van der Waals surface area contributed by atoms with E-state index in [9.17, 15) is 0 Å². The molecule has 4 aromatic rings. The predicted octanol–water partition coefficient (Wildman–Crippen LogP) is 10.4. The van der Waals surface area contributed by atoms with Gasteiger partial charge in [-0.3, -0.25) is 0 Å². The number of aliphatic imine (C=N–C) groups is 1. The zero-order valence-corrected chi connectivity index (χ0v) is 34.3. The maximum atomic E-state index is 6.21. The van der Waals surface area contributed by atoms with E-state index in [0.717, 1.165) is 77.7 Å². The lowest BCUT2D eigenvalue weighted by atomic mass is 9.75. The second kappa shape index (κ2) is 18.9. The summed E-state index contributed by atoms with van der Waals surface area (Å²) in [5.41, 5.74) is 12.6. The lowest BCUT2D eigenvalue weighted by molar-refractivity contribution is 0.109. The number of hydrogen-bond donors (Lipinski definition) is 0. The molecular formula is C51H61N3O. The summed E-state index contributed by atoms with van der Waals surface area (Å²) in [6.07, 6.45) is 8.38. The van der Waals surface area contributed by atoms with E-state index in [0.29, 0.717) is 19.6 Å². The predicted molar refractivity (Wildman–Crippen MR) is 236 cm³/mol. The van der Waals surface area contributed by atoms with E-state index in [-0.39, 0.29) is 5.41 Å². The summed E-state index contributed by atoms with van der Waals surface area (Å²) >= 11 is 0. The fourth-order valence-electron chi connectivity index (χ4n) is 7.87. The van der Waals surface area contributed by atoms with Crippen LogP contribution in [-0.2, 0) is 23.0 Å². The van der Waals surface area contributed by atoms with Gasteiger partial charge < -0.3 is 14.5 Å². The fourth-order valence-corrected chi connectivity index (χ4v) is 7.87. The molecule has 0 saturated carbocycles. The van der Waals surface area contributed by atoms with Crippen LogP contribution in [0.4, 0.5) is 0 Å². The quantitative estimate of drug-likeness (QED) is 0.0754. The first-order valence-electron chi connectivity index (χ1n) is 19.8. The number of ether oxygens (including phenoxy) is 1. The van der Waals surface area contributed by atoms with Gasteiger partial charge in [0.25, 0.3) is 0 Å². The molecule has 0 amide bonds. The minimum Gasteiger partial charge on any atom is -0.379 e. The first kappa shape index (κ1) is 41.0. The van der Waals surface area contributed by atoms with Crippen molar-refractivity contribution >= 4 is 24.6 Å². The van der Waals surface area contributed by atoms with Gasteiger partial charge in [0, 0.05) is 31.3 Å². The molecule has 0 saturated heterocycles. The van der Waals surface area contributed by atoms with Crippen LogP contribution in [0.1, 0.15) is 79.0 Å². The fraction of sp³-hybridized carbons (Fsp3) is 0.314. The molecule has 286 valence electrons. The molecule has 0 atom stereocenters. The summed E-state index contributed by atoms with van der Waals surface area (Å²) in [5, 5.41) is 2.28. The van der Waals surface area contributed by atoms with Gasteiger partial charge in [0.1, 0.15) is 5.82 Å². The van der Waals surface area contributed by atoms with Gasteiger partial charge in [0.05, 0.1) is 30.3 Å². The molecule has 0 aromatic heterocycles. The molecule has 0 N–H and O–H groups in total. The van der Waals surface area contributed by atoms with Crippen LogP contribution < -0.4 is 10.4 Å². The zero-order valence-electron chi connectivity index (χ0n) is 34.3. The van der Waals surface area contributed by atoms with Gasteiger partial charge in [-0.2, -0.15) is 0 Å². The molecule has 5 rings (SSSR count). The summed E-state index contributed by atoms with van der Waals surface area (Å²) in [4.78, 5) is 10.1. The molecule has 0 bridgehead atoms. The lowest BCUT2D eigenvalue weighted by Gasteiger charge is -2.39. The minimum absolute atomic E-state index is 0.0915. The van der Waals surface area contributed by atoms with Crippen molar-refractivity contribution in [3.8, 4) is 0 Å². The van der Waals surface area contributed by atoms with E-state index in [4.69, 9.17) is 16.3 Å². The molecule has 4 heteroatoms. The number of benzene rings is 4. The number of rotatable bonds is 18. The van der Waals surface area contributed by atoms with Crippen molar-refractivity contribution < 1.29 is 4.74 Å². The maximum absolute atomic E-state index is 6.21. The van der Waals surface area contributed by atoms with Crippen LogP contribution in [0.25, 0.3) is 18.9 Å². The number of allylic oxidation sites excluding steroid dienone is 2. The monoisotopic (exact) mass is 731 g/mol. The Balaban J connectivity index is 1.58. The van der Waals surface area contributed by atoms with Gasteiger partial charge in [-0.15, -0.1) is 6.58 Å². The topological polar surface area (TPSA) is 28.1 Å². The van der Waals surface area contributed by atoms with Gasteiger partial charge >= 0.3 is 0 Å². The maximum Gasteiger partial charge on any atom is 0.112 e. The van der Waals surface area contributed by atoms with E-state index in [1.54, 1.807) is 0 Å². The molecule has 1 aliphatic rings. The Hall–Kier alpha value is -5.19. The normalized spacial score (nSPS) is 13.6. The summed E-state index contributed by atoms with van der Waals surface area (Å²) in [6.45, 7) is 34.1. The van der Waals surface area contributed by atoms with Crippen molar-refractivity contribution in [2.24, 2.45) is 4.99 Å². The first-order valence-corrected chi connectivity index (χ1v) is 19.8. The average Bonchev–Trinajstić information content (AvgIpc) is 3.18. The highest BCUT2D eigenvalue weighted by Gasteiger charge is 2.29. The highest BCUT2D eigenvalue weighted by Crippen LogP contribution is 2.34. The van der Waals surface area contributed by atoms with Crippen LogP contribution in [0.3, 0.4) is 0 Å². The molecule has 4 aromatic carbocycles. The highest BCUT2D eigenvalue weighted by atomic mass is 16.5. The zero-order chi connectivity index (χ0) is 39.5. The molecule has 0 aliphatic carbocycles. The van der Waals surface area contributed by atoms with Crippen molar-refractivity contribution in [3.05, 3.63) is 183 Å². The molecule has 0 fully saturated rings. The summed E-state index contributed by atoms with van der Waals surface area (Å²) < 4.78 is 6.21. The Bertz CT molecular complexity index is 2140. The Morgan fingerprint density at radius 2 is 1.38 bits per heavy atom. The van der Waals surface area contributed by atoms with Crippen molar-refractivity contribution in [2.45, 2.75) is 79.1 Å². The van der Waals surface area contributed by atoms with Gasteiger partial charge in [-0.25, -0.2) is 4.99 Å². The Kier molecular flexibility index (Phi) is 14.1. The minimum atomic E-state index is -0.0915. The SMILES string of the molecule is C=CCCOCCN(CCCC(C)(C)c1c(C)c(=C)c(C)c(C)c1=C)/C(=C(/C)Cc1ccccc1)N1C=C(c2ccccc2)N=C(Cc2ccccc2)C1=C. The van der Waals surface area contributed by atoms with Crippen LogP contribution in [0.15, 0.2) is 139 Å². The molecule has 55 heavy (non-hydrogen) atoms. The van der Waals surface area contributed by atoms with Crippen LogP contribution in [-0.4, -0.2) is 41.8 Å². The van der Waals surface area contributed by atoms with Gasteiger partial charge in [-0.05, 0) is 108 Å². The first-order chi connectivity index (χ1) is 26.4. The Morgan fingerprint density at radius 3 is 2.02 bits per heavy atom. The number of hydrogen-bond acceptors (Lipinski definition) is 4. The second-order valence-corrected chi connectivity index (χ2v) is 15.6. The van der Waals surface area contributed by atoms with Crippen LogP contribution in [0, 0.1) is 20.8 Å². The molecular weight excluding hydrogens is 671 g/mol. The molecule has 0 spiro atoms. The third-order valence-corrected chi connectivity index (χ3v) is 11.1. The smallest absolute Gasteiger partial charge is 0.112 e. The van der Waals surface area contributed by atoms with Gasteiger partial charge in [0.15, 0.2) is 0 Å². The van der Waals surface area contributed by atoms with Crippen molar-refractivity contribution in [3.63, 3.8) is 0 Å². The third-order valence-electron chi connectivity index (χ3n) is 11.1. The van der Waals surface area contributed by atoms with Gasteiger partial charge in [-0.1, -0.05) is 131 Å². The van der Waals surface area contributed by atoms with E-state index in [1.807, 2.05) is 6.08 Å². The summed E-state index contributed by atoms with van der Waals surface area (Å²) in [7, 11) is 0. The third kappa shape index (κ3) is 10.1. The van der Waals surface area contributed by atoms with Crippen LogP contribution in [0.5, 0.6) is 0 Å². The second-order valence-electron chi connectivity index (χ2n) is 15.6. The lowest BCUT2D eigenvalue weighted by Crippen LogP contribution is -2.40. The summed E-state index contributed by atoms with van der Waals surface area (Å²) in [5.74, 6) is 1.13.